The van der Waals surface area contributed by atoms with E-state index in [1.807, 2.05) is 4.68 Å². The highest BCUT2D eigenvalue weighted by Crippen LogP contribution is 2.22. The first kappa shape index (κ1) is 10.5. The lowest BCUT2D eigenvalue weighted by molar-refractivity contribution is 0.564. The molecule has 0 saturated carbocycles. The Morgan fingerprint density at radius 2 is 2.40 bits per heavy atom. The molecule has 0 aliphatic rings. The SMILES string of the molecule is CCCn1nnnc1CSc1nncs1. The van der Waals surface area contributed by atoms with Crippen LogP contribution in [0.25, 0.3) is 0 Å². The van der Waals surface area contributed by atoms with Gasteiger partial charge in [0.15, 0.2) is 10.2 Å². The van der Waals surface area contributed by atoms with Crippen molar-refractivity contribution in [3.63, 3.8) is 0 Å². The second-order valence-electron chi connectivity index (χ2n) is 2.81. The maximum absolute atomic E-state index is 3.97. The lowest BCUT2D eigenvalue weighted by Crippen LogP contribution is -2.04. The summed E-state index contributed by atoms with van der Waals surface area (Å²) in [5.41, 5.74) is 1.72. The predicted molar refractivity (Wildman–Crippen MR) is 57.6 cm³/mol. The topological polar surface area (TPSA) is 69.4 Å². The van der Waals surface area contributed by atoms with E-state index in [4.69, 9.17) is 0 Å². The first-order valence-electron chi connectivity index (χ1n) is 4.54. The van der Waals surface area contributed by atoms with Crippen LogP contribution in [0.1, 0.15) is 19.2 Å². The molecule has 2 aromatic rings. The number of hydrogen-bond acceptors (Lipinski definition) is 7. The van der Waals surface area contributed by atoms with Gasteiger partial charge in [0.2, 0.25) is 0 Å². The van der Waals surface area contributed by atoms with Crippen LogP contribution < -0.4 is 0 Å². The number of rotatable bonds is 5. The summed E-state index contributed by atoms with van der Waals surface area (Å²) in [4.78, 5) is 0. The van der Waals surface area contributed by atoms with Gasteiger partial charge >= 0.3 is 0 Å². The van der Waals surface area contributed by atoms with E-state index in [-0.39, 0.29) is 0 Å². The summed E-state index contributed by atoms with van der Waals surface area (Å²) in [5, 5.41) is 19.3. The van der Waals surface area contributed by atoms with Crippen LogP contribution in [0.15, 0.2) is 9.85 Å². The van der Waals surface area contributed by atoms with Crippen LogP contribution in [0.2, 0.25) is 0 Å². The molecule has 15 heavy (non-hydrogen) atoms. The summed E-state index contributed by atoms with van der Waals surface area (Å²) in [7, 11) is 0. The van der Waals surface area contributed by atoms with Crippen LogP contribution in [0, 0.1) is 0 Å². The molecule has 0 aliphatic heterocycles. The van der Waals surface area contributed by atoms with Gasteiger partial charge < -0.3 is 0 Å². The molecule has 0 atom stereocenters. The second-order valence-corrected chi connectivity index (χ2v) is 4.87. The highest BCUT2D eigenvalue weighted by atomic mass is 32.2. The molecule has 2 rings (SSSR count). The Kier molecular flexibility index (Phi) is 3.62. The Bertz CT molecular complexity index is 397. The van der Waals surface area contributed by atoms with Crippen molar-refractivity contribution in [1.29, 1.82) is 0 Å². The number of nitrogens with zero attached hydrogens (tertiary/aromatic N) is 6. The molecule has 2 aromatic heterocycles. The molecule has 80 valence electrons. The van der Waals surface area contributed by atoms with Crippen LogP contribution in [-0.2, 0) is 12.3 Å². The van der Waals surface area contributed by atoms with Gasteiger partial charge in [-0.2, -0.15) is 0 Å². The Labute approximate surface area is 95.1 Å². The van der Waals surface area contributed by atoms with Crippen molar-refractivity contribution >= 4 is 23.1 Å². The van der Waals surface area contributed by atoms with E-state index < -0.39 is 0 Å². The van der Waals surface area contributed by atoms with Crippen LogP contribution in [0.3, 0.4) is 0 Å². The molecule has 0 fully saturated rings. The lowest BCUT2D eigenvalue weighted by atomic mass is 10.5. The molecule has 6 nitrogen and oxygen atoms in total. The minimum absolute atomic E-state index is 0.738. The van der Waals surface area contributed by atoms with Gasteiger partial charge in [0.05, 0.1) is 5.75 Å². The fraction of sp³-hybridized carbons (Fsp3) is 0.571. The maximum atomic E-state index is 3.97. The summed E-state index contributed by atoms with van der Waals surface area (Å²) in [6, 6.07) is 0. The van der Waals surface area contributed by atoms with Crippen LogP contribution in [0.5, 0.6) is 0 Å². The van der Waals surface area contributed by atoms with E-state index in [9.17, 15) is 0 Å². The van der Waals surface area contributed by atoms with Crippen LogP contribution >= 0.6 is 23.1 Å². The van der Waals surface area contributed by atoms with Gasteiger partial charge in [0.25, 0.3) is 0 Å². The molecule has 2 heterocycles. The number of aromatic nitrogens is 6. The van der Waals surface area contributed by atoms with E-state index in [0.29, 0.717) is 0 Å². The first-order valence-corrected chi connectivity index (χ1v) is 6.40. The molecule has 0 amide bonds. The van der Waals surface area contributed by atoms with Crippen molar-refractivity contribution in [2.24, 2.45) is 0 Å². The van der Waals surface area contributed by atoms with Gasteiger partial charge in [0, 0.05) is 6.54 Å². The fourth-order valence-electron chi connectivity index (χ4n) is 1.06. The van der Waals surface area contributed by atoms with Crippen molar-refractivity contribution < 1.29 is 0 Å². The third-order valence-corrected chi connectivity index (χ3v) is 3.56. The second kappa shape index (κ2) is 5.17. The molecule has 0 aromatic carbocycles. The molecular weight excluding hydrogens is 232 g/mol. The van der Waals surface area contributed by atoms with E-state index in [2.05, 4.69) is 32.6 Å². The van der Waals surface area contributed by atoms with Gasteiger partial charge in [-0.05, 0) is 16.8 Å². The van der Waals surface area contributed by atoms with Crippen molar-refractivity contribution in [1.82, 2.24) is 30.4 Å². The Morgan fingerprint density at radius 1 is 1.47 bits per heavy atom. The molecule has 0 aliphatic carbocycles. The van der Waals surface area contributed by atoms with Gasteiger partial charge in [-0.1, -0.05) is 30.0 Å². The average molecular weight is 242 g/mol. The zero-order chi connectivity index (χ0) is 10.5. The summed E-state index contributed by atoms with van der Waals surface area (Å²) < 4.78 is 2.77. The molecule has 0 radical (unpaired) electrons. The summed E-state index contributed by atoms with van der Waals surface area (Å²) in [6.45, 7) is 2.96. The van der Waals surface area contributed by atoms with Crippen molar-refractivity contribution in [3.05, 3.63) is 11.3 Å². The largest absolute Gasteiger partial charge is 0.229 e. The molecule has 0 spiro atoms. The summed E-state index contributed by atoms with van der Waals surface area (Å²) in [6.07, 6.45) is 1.03. The quantitative estimate of drug-likeness (QED) is 0.734. The molecular formula is C7H10N6S2. The normalized spacial score (nSPS) is 10.7. The average Bonchev–Trinajstić information content (AvgIpc) is 2.85. The standard InChI is InChI=1S/C7H10N6S2/c1-2-3-13-6(9-11-12-13)4-14-7-10-8-5-15-7/h5H,2-4H2,1H3. The van der Waals surface area contributed by atoms with Gasteiger partial charge in [0.1, 0.15) is 5.51 Å². The molecule has 0 N–H and O–H groups in total. The first-order chi connectivity index (χ1) is 7.40. The zero-order valence-electron chi connectivity index (χ0n) is 8.20. The van der Waals surface area contributed by atoms with E-state index in [0.717, 1.165) is 28.9 Å². The zero-order valence-corrected chi connectivity index (χ0v) is 9.83. The van der Waals surface area contributed by atoms with Gasteiger partial charge in [-0.15, -0.1) is 15.3 Å². The summed E-state index contributed by atoms with van der Waals surface area (Å²) >= 11 is 3.13. The van der Waals surface area contributed by atoms with E-state index in [1.54, 1.807) is 17.3 Å². The lowest BCUT2D eigenvalue weighted by Gasteiger charge is -2.00. The van der Waals surface area contributed by atoms with Crippen LogP contribution in [0.4, 0.5) is 0 Å². The smallest absolute Gasteiger partial charge is 0.174 e. The Hall–Kier alpha value is -1.02. The Morgan fingerprint density at radius 3 is 3.13 bits per heavy atom. The molecule has 8 heteroatoms. The predicted octanol–water partition coefficient (Wildman–Crippen LogP) is 1.23. The monoisotopic (exact) mass is 242 g/mol. The van der Waals surface area contributed by atoms with Gasteiger partial charge in [-0.25, -0.2) is 4.68 Å². The van der Waals surface area contributed by atoms with Crippen molar-refractivity contribution in [2.45, 2.75) is 30.0 Å². The van der Waals surface area contributed by atoms with Crippen molar-refractivity contribution in [3.8, 4) is 0 Å². The minimum atomic E-state index is 0.738. The van der Waals surface area contributed by atoms with E-state index >= 15 is 0 Å². The highest BCUT2D eigenvalue weighted by Gasteiger charge is 2.06. The molecule has 0 bridgehead atoms. The third-order valence-electron chi connectivity index (χ3n) is 1.71. The molecule has 0 unspecified atom stereocenters. The highest BCUT2D eigenvalue weighted by molar-refractivity contribution is 8.00. The number of tetrazole rings is 1. The fourth-order valence-corrected chi connectivity index (χ4v) is 2.49. The van der Waals surface area contributed by atoms with Crippen LogP contribution in [-0.4, -0.2) is 30.4 Å². The number of hydrogen-bond donors (Lipinski definition) is 0. The van der Waals surface area contributed by atoms with E-state index in [1.165, 1.54) is 11.3 Å². The number of thioether (sulfide) groups is 1. The number of aryl methyl sites for hydroxylation is 1. The van der Waals surface area contributed by atoms with Gasteiger partial charge in [-0.3, -0.25) is 0 Å². The maximum Gasteiger partial charge on any atom is 0.174 e. The Balaban J connectivity index is 1.95. The third kappa shape index (κ3) is 2.72. The molecule has 0 saturated heterocycles. The minimum Gasteiger partial charge on any atom is -0.229 e. The van der Waals surface area contributed by atoms with Crippen molar-refractivity contribution in [2.75, 3.05) is 0 Å². The summed E-state index contributed by atoms with van der Waals surface area (Å²) in [5.74, 6) is 1.62.